The molecule has 2 aliphatic heterocycles. The van der Waals surface area contributed by atoms with Gasteiger partial charge in [0.25, 0.3) is 11.8 Å². The molecule has 0 aliphatic carbocycles. The molecule has 1 aromatic heterocycles. The summed E-state index contributed by atoms with van der Waals surface area (Å²) in [6, 6.07) is 17.1. The summed E-state index contributed by atoms with van der Waals surface area (Å²) in [5.74, 6) is -0.121. The number of hydrogen-bond acceptors (Lipinski definition) is 3. The fourth-order valence-electron chi connectivity index (χ4n) is 5.08. The van der Waals surface area contributed by atoms with E-state index in [1.165, 1.54) is 39.4 Å². The third-order valence-corrected chi connectivity index (χ3v) is 7.04. The van der Waals surface area contributed by atoms with Crippen molar-refractivity contribution in [3.63, 3.8) is 0 Å². The number of carbonyl (C=O) groups is 2. The van der Waals surface area contributed by atoms with Crippen LogP contribution in [0.2, 0.25) is 0 Å². The van der Waals surface area contributed by atoms with Crippen molar-refractivity contribution in [2.24, 2.45) is 5.92 Å². The largest absolute Gasteiger partial charge is 0.416 e. The molecule has 0 radical (unpaired) electrons. The topological polar surface area (TPSA) is 58.4 Å². The summed E-state index contributed by atoms with van der Waals surface area (Å²) in [6.45, 7) is 1.65. The van der Waals surface area contributed by atoms with Crippen LogP contribution in [-0.2, 0) is 25.7 Å². The first-order valence-corrected chi connectivity index (χ1v) is 12.1. The van der Waals surface area contributed by atoms with Gasteiger partial charge in [-0.2, -0.15) is 18.3 Å². The standard InChI is InChI=1S/C27H27F3N4O2/c28-27(29,30)22-9-5-4-8-21(22)18-33-14-15-34-24(26(33)36)17-23(31-34)25(35)32-12-10-20(11-13-32)16-19-6-2-1-3-7-19/h1-9,17,20H,10-16,18H2. The highest BCUT2D eigenvalue weighted by atomic mass is 19.4. The SMILES string of the molecule is O=C(c1cc2n(n1)CCN(Cc1ccccc1C(F)(F)F)C2=O)N1CCC(Cc2ccccc2)CC1. The van der Waals surface area contributed by atoms with Crippen LogP contribution in [0.4, 0.5) is 13.2 Å². The molecule has 3 aromatic rings. The number of nitrogens with zero attached hydrogens (tertiary/aromatic N) is 4. The second-order valence-electron chi connectivity index (χ2n) is 9.44. The van der Waals surface area contributed by atoms with Crippen molar-refractivity contribution in [2.45, 2.75) is 38.5 Å². The summed E-state index contributed by atoms with van der Waals surface area (Å²) in [6.07, 6.45) is -1.70. The molecule has 36 heavy (non-hydrogen) atoms. The first kappa shape index (κ1) is 24.1. The van der Waals surface area contributed by atoms with Crippen LogP contribution in [0.5, 0.6) is 0 Å². The van der Waals surface area contributed by atoms with E-state index in [-0.39, 0.29) is 35.9 Å². The van der Waals surface area contributed by atoms with Gasteiger partial charge >= 0.3 is 6.18 Å². The van der Waals surface area contributed by atoms with E-state index in [1.54, 1.807) is 4.90 Å². The van der Waals surface area contributed by atoms with Crippen molar-refractivity contribution < 1.29 is 22.8 Å². The Hall–Kier alpha value is -3.62. The molecule has 0 spiro atoms. The minimum Gasteiger partial charge on any atom is -0.337 e. The summed E-state index contributed by atoms with van der Waals surface area (Å²) >= 11 is 0. The van der Waals surface area contributed by atoms with Gasteiger partial charge in [0.1, 0.15) is 5.69 Å². The van der Waals surface area contributed by atoms with E-state index < -0.39 is 17.6 Å². The highest BCUT2D eigenvalue weighted by Crippen LogP contribution is 2.33. The lowest BCUT2D eigenvalue weighted by Gasteiger charge is -2.31. The monoisotopic (exact) mass is 496 g/mol. The van der Waals surface area contributed by atoms with E-state index in [0.717, 1.165) is 25.3 Å². The van der Waals surface area contributed by atoms with E-state index in [1.807, 2.05) is 18.2 Å². The van der Waals surface area contributed by atoms with E-state index in [0.29, 0.717) is 25.6 Å². The summed E-state index contributed by atoms with van der Waals surface area (Å²) in [5.41, 5.74) is 1.03. The van der Waals surface area contributed by atoms with Crippen molar-refractivity contribution in [3.8, 4) is 0 Å². The Morgan fingerprint density at radius 1 is 0.944 bits per heavy atom. The minimum absolute atomic E-state index is 0.0426. The van der Waals surface area contributed by atoms with Gasteiger partial charge in [0, 0.05) is 32.2 Å². The Balaban J connectivity index is 1.23. The highest BCUT2D eigenvalue weighted by Gasteiger charge is 2.35. The van der Waals surface area contributed by atoms with Crippen molar-refractivity contribution in [3.05, 3.63) is 88.7 Å². The number of piperidine rings is 1. The average molecular weight is 497 g/mol. The molecule has 1 saturated heterocycles. The van der Waals surface area contributed by atoms with Crippen LogP contribution in [-0.4, -0.2) is 51.0 Å². The van der Waals surface area contributed by atoms with Gasteiger partial charge in [-0.3, -0.25) is 14.3 Å². The Morgan fingerprint density at radius 3 is 2.36 bits per heavy atom. The van der Waals surface area contributed by atoms with Crippen LogP contribution in [0.25, 0.3) is 0 Å². The molecule has 6 nitrogen and oxygen atoms in total. The molecule has 0 unspecified atom stereocenters. The highest BCUT2D eigenvalue weighted by molar-refractivity contribution is 5.98. The third kappa shape index (κ3) is 5.01. The Kier molecular flexibility index (Phi) is 6.55. The van der Waals surface area contributed by atoms with Crippen molar-refractivity contribution in [1.29, 1.82) is 0 Å². The van der Waals surface area contributed by atoms with Crippen LogP contribution in [0.1, 0.15) is 50.5 Å². The lowest BCUT2D eigenvalue weighted by Crippen LogP contribution is -2.40. The fraction of sp³-hybridized carbons (Fsp3) is 0.370. The second-order valence-corrected chi connectivity index (χ2v) is 9.44. The zero-order chi connectivity index (χ0) is 25.3. The lowest BCUT2D eigenvalue weighted by molar-refractivity contribution is -0.138. The molecule has 0 N–H and O–H groups in total. The number of alkyl halides is 3. The average Bonchev–Trinajstić information content (AvgIpc) is 3.31. The van der Waals surface area contributed by atoms with Gasteiger partial charge in [-0.25, -0.2) is 0 Å². The Labute approximate surface area is 207 Å². The van der Waals surface area contributed by atoms with Gasteiger partial charge in [0.15, 0.2) is 5.69 Å². The van der Waals surface area contributed by atoms with Gasteiger partial charge in [-0.15, -0.1) is 0 Å². The van der Waals surface area contributed by atoms with Gasteiger partial charge in [0.05, 0.1) is 12.1 Å². The Morgan fingerprint density at radius 2 is 1.64 bits per heavy atom. The number of aromatic nitrogens is 2. The normalized spacial score (nSPS) is 16.8. The number of amides is 2. The summed E-state index contributed by atoms with van der Waals surface area (Å²) < 4.78 is 41.6. The quantitative estimate of drug-likeness (QED) is 0.517. The maximum atomic E-state index is 13.4. The lowest BCUT2D eigenvalue weighted by atomic mass is 9.90. The molecule has 2 aliphatic rings. The van der Waals surface area contributed by atoms with Crippen LogP contribution in [0, 0.1) is 5.92 Å². The molecule has 0 bridgehead atoms. The van der Waals surface area contributed by atoms with Crippen LogP contribution in [0.15, 0.2) is 60.7 Å². The summed E-state index contributed by atoms with van der Waals surface area (Å²) in [7, 11) is 0. The zero-order valence-electron chi connectivity index (χ0n) is 19.7. The summed E-state index contributed by atoms with van der Waals surface area (Å²) in [4.78, 5) is 29.3. The molecule has 5 rings (SSSR count). The molecule has 0 saturated carbocycles. The molecule has 2 amide bonds. The number of benzene rings is 2. The van der Waals surface area contributed by atoms with Gasteiger partial charge < -0.3 is 9.80 Å². The van der Waals surface area contributed by atoms with Crippen molar-refractivity contribution in [2.75, 3.05) is 19.6 Å². The summed E-state index contributed by atoms with van der Waals surface area (Å²) in [5, 5.41) is 4.36. The van der Waals surface area contributed by atoms with Gasteiger partial charge in [0.2, 0.25) is 0 Å². The number of hydrogen-bond donors (Lipinski definition) is 0. The van der Waals surface area contributed by atoms with Gasteiger partial charge in [-0.05, 0) is 42.4 Å². The van der Waals surface area contributed by atoms with E-state index >= 15 is 0 Å². The van der Waals surface area contributed by atoms with Crippen molar-refractivity contribution >= 4 is 11.8 Å². The first-order chi connectivity index (χ1) is 17.3. The third-order valence-electron chi connectivity index (χ3n) is 7.04. The molecule has 188 valence electrons. The number of rotatable bonds is 5. The zero-order valence-corrected chi connectivity index (χ0v) is 19.7. The molecule has 2 aromatic carbocycles. The van der Waals surface area contributed by atoms with E-state index in [9.17, 15) is 22.8 Å². The Bertz CT molecular complexity index is 1250. The van der Waals surface area contributed by atoms with Crippen LogP contribution in [0.3, 0.4) is 0 Å². The smallest absolute Gasteiger partial charge is 0.337 e. The molecular weight excluding hydrogens is 469 g/mol. The number of fused-ring (bicyclic) bond motifs is 1. The number of likely N-dealkylation sites (tertiary alicyclic amines) is 1. The van der Waals surface area contributed by atoms with Crippen LogP contribution < -0.4 is 0 Å². The number of halogens is 3. The molecular formula is C27H27F3N4O2. The molecule has 1 fully saturated rings. The predicted molar refractivity (Wildman–Crippen MR) is 127 cm³/mol. The van der Waals surface area contributed by atoms with E-state index in [2.05, 4.69) is 17.2 Å². The van der Waals surface area contributed by atoms with E-state index in [4.69, 9.17) is 0 Å². The maximum Gasteiger partial charge on any atom is 0.416 e. The first-order valence-electron chi connectivity index (χ1n) is 12.1. The minimum atomic E-state index is -4.49. The fourth-order valence-corrected chi connectivity index (χ4v) is 5.08. The maximum absolute atomic E-state index is 13.4. The van der Waals surface area contributed by atoms with Crippen molar-refractivity contribution in [1.82, 2.24) is 19.6 Å². The van der Waals surface area contributed by atoms with Gasteiger partial charge in [-0.1, -0.05) is 48.5 Å². The van der Waals surface area contributed by atoms with Crippen LogP contribution >= 0.6 is 0 Å². The predicted octanol–water partition coefficient (Wildman–Crippen LogP) is 4.65. The second kappa shape index (κ2) is 9.79. The molecule has 3 heterocycles. The number of carbonyl (C=O) groups excluding carboxylic acids is 2. The molecule has 0 atom stereocenters. The molecule has 9 heteroatoms.